The number of hydrogen-bond donors (Lipinski definition) is 1. The molecule has 1 aliphatic heterocycles. The van der Waals surface area contributed by atoms with Gasteiger partial charge in [-0.1, -0.05) is 6.07 Å². The number of aryl methyl sites for hydroxylation is 1. The summed E-state index contributed by atoms with van der Waals surface area (Å²) in [5, 5.41) is 4.45. The fraction of sp³-hybridized carbons (Fsp3) is 0.421. The van der Waals surface area contributed by atoms with Crippen molar-refractivity contribution >= 4 is 47.2 Å². The van der Waals surface area contributed by atoms with Gasteiger partial charge in [-0.2, -0.15) is 8.78 Å². The van der Waals surface area contributed by atoms with Gasteiger partial charge in [-0.25, -0.2) is 9.97 Å². The van der Waals surface area contributed by atoms with E-state index < -0.39 is 5.92 Å². The number of nitrogens with one attached hydrogen (secondary N) is 1. The van der Waals surface area contributed by atoms with Gasteiger partial charge >= 0.3 is 5.92 Å². The van der Waals surface area contributed by atoms with Crippen molar-refractivity contribution in [1.29, 1.82) is 0 Å². The summed E-state index contributed by atoms with van der Waals surface area (Å²) >= 11 is 2.21. The van der Waals surface area contributed by atoms with Crippen LogP contribution in [0.15, 0.2) is 36.9 Å². The minimum absolute atomic E-state index is 0.163. The predicted octanol–water partition coefficient (Wildman–Crippen LogP) is 4.65. The molecule has 1 saturated heterocycles. The highest BCUT2D eigenvalue weighted by molar-refractivity contribution is 14.2. The van der Waals surface area contributed by atoms with Crippen LogP contribution in [0.3, 0.4) is 0 Å². The molecule has 0 saturated carbocycles. The molecule has 154 valence electrons. The first kappa shape index (κ1) is 20.7. The van der Waals surface area contributed by atoms with Gasteiger partial charge in [0.2, 0.25) is 0 Å². The van der Waals surface area contributed by atoms with Gasteiger partial charge in [0.1, 0.15) is 17.8 Å². The van der Waals surface area contributed by atoms with E-state index in [1.165, 1.54) is 12.3 Å². The van der Waals surface area contributed by atoms with Gasteiger partial charge in [0.15, 0.2) is 5.65 Å². The highest BCUT2D eigenvalue weighted by Crippen LogP contribution is 2.30. The van der Waals surface area contributed by atoms with Crippen LogP contribution in [-0.4, -0.2) is 49.5 Å². The number of nitrogens with zero attached hydrogens (tertiary/aromatic N) is 5. The molecule has 0 unspecified atom stereocenters. The normalized spacial score (nSPS) is 16.4. The van der Waals surface area contributed by atoms with Crippen LogP contribution in [0, 0.1) is 6.92 Å². The summed E-state index contributed by atoms with van der Waals surface area (Å²) in [6.07, 6.45) is 6.57. The maximum atomic E-state index is 14.6. The van der Waals surface area contributed by atoms with Crippen molar-refractivity contribution in [2.45, 2.75) is 31.7 Å². The second-order valence-electron chi connectivity index (χ2n) is 7.29. The monoisotopic (exact) mass is 530 g/mol. The Balaban J connectivity index is 1.36. The van der Waals surface area contributed by atoms with Crippen molar-refractivity contribution < 1.29 is 8.78 Å². The SMILES string of the molecule is Cc1ccc(C(F)(F)CN2CCC(Nc3ncnc4c3ccn4SI)CC2)nc1. The second-order valence-corrected chi connectivity index (χ2v) is 9.00. The number of rotatable bonds is 6. The van der Waals surface area contributed by atoms with Crippen molar-refractivity contribution in [1.82, 2.24) is 23.8 Å². The maximum Gasteiger partial charge on any atom is 0.302 e. The molecule has 3 aromatic rings. The van der Waals surface area contributed by atoms with Gasteiger partial charge in [-0.3, -0.25) is 13.9 Å². The number of anilines is 1. The summed E-state index contributed by atoms with van der Waals surface area (Å²) < 4.78 is 31.1. The van der Waals surface area contributed by atoms with E-state index in [9.17, 15) is 8.78 Å². The third kappa shape index (κ3) is 4.64. The van der Waals surface area contributed by atoms with E-state index in [4.69, 9.17) is 0 Å². The van der Waals surface area contributed by atoms with E-state index in [1.54, 1.807) is 21.5 Å². The van der Waals surface area contributed by atoms with E-state index in [2.05, 4.69) is 41.5 Å². The number of pyridine rings is 1. The van der Waals surface area contributed by atoms with Crippen molar-refractivity contribution in [3.63, 3.8) is 0 Å². The molecule has 0 spiro atoms. The van der Waals surface area contributed by atoms with Crippen LogP contribution in [0.25, 0.3) is 11.0 Å². The minimum Gasteiger partial charge on any atom is -0.367 e. The molecule has 0 bridgehead atoms. The molecule has 0 aromatic carbocycles. The average Bonchev–Trinajstić information content (AvgIpc) is 3.14. The Hall–Kier alpha value is -1.53. The molecule has 0 radical (unpaired) electrons. The number of hydrogen-bond acceptors (Lipinski definition) is 6. The Bertz CT molecular complexity index is 972. The average molecular weight is 530 g/mol. The van der Waals surface area contributed by atoms with Gasteiger partial charge in [-0.05, 0) is 37.5 Å². The van der Waals surface area contributed by atoms with Crippen LogP contribution in [0.2, 0.25) is 0 Å². The Kier molecular flexibility index (Phi) is 6.21. The molecule has 0 amide bonds. The molecule has 10 heteroatoms. The van der Waals surface area contributed by atoms with Crippen LogP contribution in [0.1, 0.15) is 24.1 Å². The van der Waals surface area contributed by atoms with Crippen molar-refractivity contribution in [2.75, 3.05) is 25.0 Å². The molecule has 1 aliphatic rings. The van der Waals surface area contributed by atoms with Crippen LogP contribution >= 0.6 is 30.3 Å². The first-order valence-electron chi connectivity index (χ1n) is 9.37. The first-order valence-corrected chi connectivity index (χ1v) is 12.7. The molecular formula is C19H21F2IN6S. The lowest BCUT2D eigenvalue weighted by Crippen LogP contribution is -2.44. The molecule has 4 heterocycles. The van der Waals surface area contributed by atoms with Gasteiger partial charge in [-0.15, -0.1) is 0 Å². The van der Waals surface area contributed by atoms with Gasteiger partial charge in [0, 0.05) is 61.8 Å². The third-order valence-electron chi connectivity index (χ3n) is 5.16. The summed E-state index contributed by atoms with van der Waals surface area (Å²) in [6.45, 7) is 2.76. The van der Waals surface area contributed by atoms with Crippen LogP contribution in [0.5, 0.6) is 0 Å². The van der Waals surface area contributed by atoms with Gasteiger partial charge in [0.25, 0.3) is 0 Å². The van der Waals surface area contributed by atoms with E-state index in [1.807, 2.05) is 28.1 Å². The summed E-state index contributed by atoms with van der Waals surface area (Å²) in [7, 11) is 1.55. The zero-order valence-electron chi connectivity index (χ0n) is 15.9. The van der Waals surface area contributed by atoms with Crippen molar-refractivity contribution in [3.05, 3.63) is 48.2 Å². The van der Waals surface area contributed by atoms with E-state index >= 15 is 0 Å². The smallest absolute Gasteiger partial charge is 0.302 e. The van der Waals surface area contributed by atoms with Crippen LogP contribution in [-0.2, 0) is 5.92 Å². The zero-order chi connectivity index (χ0) is 20.4. The van der Waals surface area contributed by atoms with Crippen LogP contribution in [0.4, 0.5) is 14.6 Å². The number of likely N-dealkylation sites (tertiary alicyclic amines) is 1. The molecule has 1 N–H and O–H groups in total. The van der Waals surface area contributed by atoms with Gasteiger partial charge in [0.05, 0.1) is 11.9 Å². The molecule has 4 rings (SSSR count). The molecule has 6 nitrogen and oxygen atoms in total. The maximum absolute atomic E-state index is 14.6. The lowest BCUT2D eigenvalue weighted by molar-refractivity contribution is -0.0457. The number of fused-ring (bicyclic) bond motifs is 1. The summed E-state index contributed by atoms with van der Waals surface area (Å²) in [6, 6.07) is 5.29. The quantitative estimate of drug-likeness (QED) is 0.469. The molecule has 0 atom stereocenters. The minimum atomic E-state index is -2.95. The standard InChI is InChI=1S/C19H21F2IN6S/c1-13-2-3-16(23-10-13)19(20,21)11-27-7-4-14(5-8-27)26-17-15-6-9-28(29-22)18(15)25-12-24-17/h2-3,6,9-10,12,14H,4-5,7-8,11H2,1H3,(H,24,25,26). The van der Waals surface area contributed by atoms with Crippen molar-refractivity contribution in [3.8, 4) is 0 Å². The fourth-order valence-corrected chi connectivity index (χ4v) is 4.84. The largest absolute Gasteiger partial charge is 0.367 e. The van der Waals surface area contributed by atoms with Crippen molar-refractivity contribution in [2.24, 2.45) is 0 Å². The third-order valence-corrected chi connectivity index (χ3v) is 6.88. The fourth-order valence-electron chi connectivity index (χ4n) is 3.57. The number of alkyl halides is 2. The Labute approximate surface area is 184 Å². The summed E-state index contributed by atoms with van der Waals surface area (Å²) in [4.78, 5) is 14.5. The lowest BCUT2D eigenvalue weighted by Gasteiger charge is -2.34. The number of piperidine rings is 1. The van der Waals surface area contributed by atoms with E-state index in [-0.39, 0.29) is 18.3 Å². The Morgan fingerprint density at radius 1 is 1.21 bits per heavy atom. The summed E-state index contributed by atoms with van der Waals surface area (Å²) in [5.41, 5.74) is 1.58. The second kappa shape index (κ2) is 8.68. The molecule has 0 aliphatic carbocycles. The Morgan fingerprint density at radius 2 is 2.00 bits per heavy atom. The predicted molar refractivity (Wildman–Crippen MR) is 120 cm³/mol. The van der Waals surface area contributed by atoms with E-state index in [0.717, 1.165) is 35.3 Å². The Morgan fingerprint density at radius 3 is 2.69 bits per heavy atom. The molecule has 1 fully saturated rings. The number of halogens is 3. The highest BCUT2D eigenvalue weighted by atomic mass is 127. The topological polar surface area (TPSA) is 58.9 Å². The molecule has 29 heavy (non-hydrogen) atoms. The van der Waals surface area contributed by atoms with Crippen LogP contribution < -0.4 is 5.32 Å². The molecule has 3 aromatic heterocycles. The lowest BCUT2D eigenvalue weighted by atomic mass is 10.0. The number of aromatic nitrogens is 4. The molecular weight excluding hydrogens is 509 g/mol. The first-order chi connectivity index (χ1) is 14.0. The zero-order valence-corrected chi connectivity index (χ0v) is 18.8. The van der Waals surface area contributed by atoms with E-state index in [0.29, 0.717) is 13.1 Å². The highest BCUT2D eigenvalue weighted by Gasteiger charge is 2.36. The summed E-state index contributed by atoms with van der Waals surface area (Å²) in [5.74, 6) is -2.15. The van der Waals surface area contributed by atoms with Gasteiger partial charge < -0.3 is 5.32 Å².